The maximum atomic E-state index is 12.1. The van der Waals surface area contributed by atoms with Crippen molar-refractivity contribution in [2.45, 2.75) is 38.3 Å². The van der Waals surface area contributed by atoms with Crippen molar-refractivity contribution >= 4 is 0 Å². The van der Waals surface area contributed by atoms with Gasteiger partial charge in [-0.15, -0.1) is 0 Å². The first-order valence-electron chi connectivity index (χ1n) is 3.52. The predicted molar refractivity (Wildman–Crippen MR) is 36.2 cm³/mol. The van der Waals surface area contributed by atoms with Crippen LogP contribution in [0.25, 0.3) is 0 Å². The van der Waals surface area contributed by atoms with E-state index in [4.69, 9.17) is 0 Å². The highest BCUT2D eigenvalue weighted by Crippen LogP contribution is 2.35. The molecule has 0 amide bonds. The zero-order valence-corrected chi connectivity index (χ0v) is 6.08. The molecule has 1 nitrogen and oxygen atoms in total. The first-order chi connectivity index (χ1) is 4.18. The van der Waals surface area contributed by atoms with Crippen LogP contribution in [0, 0.1) is 0 Å². The minimum atomic E-state index is -0.203. The van der Waals surface area contributed by atoms with E-state index >= 15 is 0 Å². The maximum Gasteiger partial charge on any atom is 0.108 e. The highest BCUT2D eigenvalue weighted by molar-refractivity contribution is 5.02. The van der Waals surface area contributed by atoms with Gasteiger partial charge in [-0.05, 0) is 12.8 Å². The molecule has 9 heavy (non-hydrogen) atoms. The van der Waals surface area contributed by atoms with Gasteiger partial charge in [0.15, 0.2) is 0 Å². The second-order valence-corrected chi connectivity index (χ2v) is 3.21. The van der Waals surface area contributed by atoms with Gasteiger partial charge in [-0.25, -0.2) is 4.39 Å². The molecular weight excluding hydrogens is 117 g/mol. The van der Waals surface area contributed by atoms with Gasteiger partial charge in [0.1, 0.15) is 6.67 Å². The first kappa shape index (κ1) is 7.00. The molecule has 0 aromatic heterocycles. The quantitative estimate of drug-likeness (QED) is 0.612. The summed E-state index contributed by atoms with van der Waals surface area (Å²) in [5, 5.41) is 3.20. The van der Waals surface area contributed by atoms with Crippen LogP contribution in [0.4, 0.5) is 4.39 Å². The van der Waals surface area contributed by atoms with E-state index in [2.05, 4.69) is 19.2 Å². The van der Waals surface area contributed by atoms with Crippen molar-refractivity contribution in [1.29, 1.82) is 0 Å². The molecule has 0 aromatic carbocycles. The average Bonchev–Trinajstić information content (AvgIpc) is 2.48. The fourth-order valence-electron chi connectivity index (χ4n) is 1.08. The molecule has 1 saturated carbocycles. The minimum Gasteiger partial charge on any atom is -0.307 e. The Hall–Kier alpha value is -0.110. The molecule has 1 rings (SSSR count). The lowest BCUT2D eigenvalue weighted by molar-refractivity contribution is 0.339. The van der Waals surface area contributed by atoms with Crippen LogP contribution in [0.2, 0.25) is 0 Å². The summed E-state index contributed by atoms with van der Waals surface area (Å²) in [7, 11) is 0. The molecule has 0 atom stereocenters. The van der Waals surface area contributed by atoms with Gasteiger partial charge in [-0.2, -0.15) is 0 Å². The number of hydrogen-bond acceptors (Lipinski definition) is 1. The molecule has 0 unspecified atom stereocenters. The zero-order chi connectivity index (χ0) is 6.91. The molecule has 0 bridgehead atoms. The Morgan fingerprint density at radius 2 is 2.11 bits per heavy atom. The summed E-state index contributed by atoms with van der Waals surface area (Å²) >= 11 is 0. The fraction of sp³-hybridized carbons (Fsp3) is 1.00. The molecule has 1 aliphatic carbocycles. The lowest BCUT2D eigenvalue weighted by Crippen LogP contribution is -2.38. The third-order valence-corrected chi connectivity index (χ3v) is 1.70. The van der Waals surface area contributed by atoms with Gasteiger partial charge in [0, 0.05) is 11.6 Å². The Labute approximate surface area is 55.6 Å². The van der Waals surface area contributed by atoms with Gasteiger partial charge in [-0.3, -0.25) is 0 Å². The Morgan fingerprint density at radius 1 is 1.56 bits per heavy atom. The Bertz CT molecular complexity index is 97.1. The first-order valence-corrected chi connectivity index (χ1v) is 3.52. The van der Waals surface area contributed by atoms with Crippen molar-refractivity contribution in [2.24, 2.45) is 0 Å². The summed E-state index contributed by atoms with van der Waals surface area (Å²) in [4.78, 5) is 0. The number of rotatable bonds is 3. The minimum absolute atomic E-state index is 0.103. The summed E-state index contributed by atoms with van der Waals surface area (Å²) in [5.41, 5.74) is -0.103. The van der Waals surface area contributed by atoms with Crippen LogP contribution in [-0.4, -0.2) is 18.3 Å². The molecule has 0 aliphatic heterocycles. The van der Waals surface area contributed by atoms with Crippen LogP contribution in [0.3, 0.4) is 0 Å². The van der Waals surface area contributed by atoms with E-state index in [0.717, 1.165) is 12.8 Å². The molecule has 0 spiro atoms. The van der Waals surface area contributed by atoms with Gasteiger partial charge in [-0.1, -0.05) is 13.8 Å². The summed E-state index contributed by atoms with van der Waals surface area (Å²) in [6.07, 6.45) is 2.03. The normalized spacial score (nSPS) is 22.7. The van der Waals surface area contributed by atoms with Gasteiger partial charge in [0.05, 0.1) is 0 Å². The Morgan fingerprint density at radius 3 is 2.22 bits per heavy atom. The molecule has 1 fully saturated rings. The third-order valence-electron chi connectivity index (χ3n) is 1.70. The van der Waals surface area contributed by atoms with Crippen LogP contribution < -0.4 is 5.32 Å². The van der Waals surface area contributed by atoms with Gasteiger partial charge in [0.2, 0.25) is 0 Å². The van der Waals surface area contributed by atoms with Crippen molar-refractivity contribution in [2.75, 3.05) is 6.67 Å². The average molecular weight is 131 g/mol. The molecule has 1 aliphatic rings. The van der Waals surface area contributed by atoms with E-state index in [-0.39, 0.29) is 12.2 Å². The maximum absolute atomic E-state index is 12.1. The molecular formula is C7H14FN. The van der Waals surface area contributed by atoms with Crippen molar-refractivity contribution in [3.05, 3.63) is 0 Å². The highest BCUT2D eigenvalue weighted by Gasteiger charge is 2.42. The van der Waals surface area contributed by atoms with Crippen molar-refractivity contribution in [1.82, 2.24) is 5.32 Å². The van der Waals surface area contributed by atoms with Crippen LogP contribution in [0.1, 0.15) is 26.7 Å². The smallest absolute Gasteiger partial charge is 0.108 e. The number of hydrogen-bond donors (Lipinski definition) is 1. The highest BCUT2D eigenvalue weighted by atomic mass is 19.1. The molecule has 0 aromatic rings. The van der Waals surface area contributed by atoms with E-state index in [1.807, 2.05) is 0 Å². The topological polar surface area (TPSA) is 12.0 Å². The van der Waals surface area contributed by atoms with Crippen LogP contribution >= 0.6 is 0 Å². The number of halogens is 1. The molecule has 2 heteroatoms. The molecule has 0 radical (unpaired) electrons. The summed E-state index contributed by atoms with van der Waals surface area (Å²) < 4.78 is 12.1. The second kappa shape index (κ2) is 2.25. The molecule has 1 N–H and O–H groups in total. The van der Waals surface area contributed by atoms with Crippen LogP contribution in [0.15, 0.2) is 0 Å². The monoisotopic (exact) mass is 131 g/mol. The van der Waals surface area contributed by atoms with Crippen molar-refractivity contribution in [3.8, 4) is 0 Å². The van der Waals surface area contributed by atoms with E-state index in [0.29, 0.717) is 6.04 Å². The van der Waals surface area contributed by atoms with Gasteiger partial charge in [0.25, 0.3) is 0 Å². The second-order valence-electron chi connectivity index (χ2n) is 3.21. The summed E-state index contributed by atoms with van der Waals surface area (Å²) in [5.74, 6) is 0. The van der Waals surface area contributed by atoms with E-state index in [1.54, 1.807) is 0 Å². The summed E-state index contributed by atoms with van der Waals surface area (Å²) in [6.45, 7) is 3.90. The molecule has 54 valence electrons. The number of alkyl halides is 1. The van der Waals surface area contributed by atoms with E-state index in [9.17, 15) is 4.39 Å². The molecule has 0 saturated heterocycles. The fourth-order valence-corrected chi connectivity index (χ4v) is 1.08. The molecule has 0 heterocycles. The Kier molecular flexibility index (Phi) is 1.75. The Balaban J connectivity index is 2.25. The van der Waals surface area contributed by atoms with Crippen LogP contribution in [-0.2, 0) is 0 Å². The lowest BCUT2D eigenvalue weighted by Gasteiger charge is -2.15. The largest absolute Gasteiger partial charge is 0.307 e. The van der Waals surface area contributed by atoms with Crippen molar-refractivity contribution in [3.63, 3.8) is 0 Å². The van der Waals surface area contributed by atoms with E-state index in [1.165, 1.54) is 0 Å². The zero-order valence-electron chi connectivity index (χ0n) is 6.08. The third kappa shape index (κ3) is 1.65. The standard InChI is InChI=1S/C7H14FN/c1-6(2)9-7(5-8)3-4-7/h6,9H,3-5H2,1-2H3. The number of nitrogens with one attached hydrogen (secondary N) is 1. The van der Waals surface area contributed by atoms with Crippen LogP contribution in [0.5, 0.6) is 0 Å². The van der Waals surface area contributed by atoms with Gasteiger partial charge < -0.3 is 5.32 Å². The summed E-state index contributed by atoms with van der Waals surface area (Å²) in [6, 6.07) is 0.420. The lowest BCUT2D eigenvalue weighted by atomic mass is 10.2. The van der Waals surface area contributed by atoms with Crippen molar-refractivity contribution < 1.29 is 4.39 Å². The van der Waals surface area contributed by atoms with Gasteiger partial charge >= 0.3 is 0 Å². The SMILES string of the molecule is CC(C)NC1(CF)CC1. The predicted octanol–water partition coefficient (Wildman–Crippen LogP) is 1.49. The van der Waals surface area contributed by atoms with E-state index < -0.39 is 0 Å².